The van der Waals surface area contributed by atoms with Gasteiger partial charge in [0.25, 0.3) is 5.91 Å². The first kappa shape index (κ1) is 24.8. The van der Waals surface area contributed by atoms with Crippen LogP contribution in [0.15, 0.2) is 30.9 Å². The van der Waals surface area contributed by atoms with Crippen LogP contribution in [0.3, 0.4) is 0 Å². The summed E-state index contributed by atoms with van der Waals surface area (Å²) in [7, 11) is 0. The van der Waals surface area contributed by atoms with E-state index in [-0.39, 0.29) is 37.5 Å². The summed E-state index contributed by atoms with van der Waals surface area (Å²) in [5.74, 6) is -2.04. The number of carbonyl (C=O) groups is 3. The second-order valence-corrected chi connectivity index (χ2v) is 11.7. The first-order valence-electron chi connectivity index (χ1n) is 11.9. The van der Waals surface area contributed by atoms with Gasteiger partial charge in [0.15, 0.2) is 0 Å². The van der Waals surface area contributed by atoms with Crippen LogP contribution in [0.4, 0.5) is 5.69 Å². The zero-order chi connectivity index (χ0) is 24.8. The van der Waals surface area contributed by atoms with E-state index in [1.165, 1.54) is 4.90 Å². The normalized spacial score (nSPS) is 31.5. The largest absolute Gasteiger partial charge is 0.466 e. The molecule has 34 heavy (non-hydrogen) atoms. The first-order valence-corrected chi connectivity index (χ1v) is 12.7. The van der Waals surface area contributed by atoms with E-state index in [0.29, 0.717) is 13.0 Å². The number of aryl methyl sites for hydroxylation is 2. The molecule has 0 radical (unpaired) electrons. The number of esters is 1. The number of β-amino-alcohol motifs (C(OH)–C–C–N with tert-alkyl or cyclic N) is 1. The predicted octanol–water partition coefficient (Wildman–Crippen LogP) is 2.86. The molecule has 2 amide bonds. The van der Waals surface area contributed by atoms with E-state index in [2.05, 4.69) is 6.58 Å². The van der Waals surface area contributed by atoms with Crippen molar-refractivity contribution in [1.82, 2.24) is 4.90 Å². The Kier molecular flexibility index (Phi) is 6.59. The fraction of sp³-hybridized carbons (Fsp3) is 0.577. The summed E-state index contributed by atoms with van der Waals surface area (Å²) >= 11 is 1.60. The Hall–Kier alpha value is -2.32. The highest BCUT2D eigenvalue weighted by Gasteiger charge is 2.77. The quantitative estimate of drug-likeness (QED) is 0.449. The molecule has 0 aromatic heterocycles. The Morgan fingerprint density at radius 2 is 2.09 bits per heavy atom. The number of amides is 2. The lowest BCUT2D eigenvalue weighted by atomic mass is 9.66. The zero-order valence-corrected chi connectivity index (χ0v) is 21.2. The molecule has 7 nitrogen and oxygen atoms in total. The third-order valence-corrected chi connectivity index (χ3v) is 9.61. The minimum Gasteiger partial charge on any atom is -0.466 e. The molecule has 4 rings (SSSR count). The molecule has 5 atom stereocenters. The van der Waals surface area contributed by atoms with E-state index in [1.54, 1.807) is 29.7 Å². The topological polar surface area (TPSA) is 87.2 Å². The van der Waals surface area contributed by atoms with Crippen LogP contribution in [0, 0.1) is 25.7 Å². The number of anilines is 1. The molecule has 3 heterocycles. The number of ether oxygens (including phenoxy) is 1. The highest BCUT2D eigenvalue weighted by Crippen LogP contribution is 2.71. The molecule has 1 N–H and O–H groups in total. The standard InChI is InChI=1S/C26H34N2O5S/c1-6-12-27(18-15-16(3)8-9-17(18)4)23(31)21-26-11-10-25(5,34-26)20(24(32)33-7-2)19(26)22(30)28(21)13-14-29/h6,8-9,15,19-21,29H,1,7,10-14H2,2-5H3/t19-,20+,21?,25-,26?/m0/s1. The molecule has 3 saturated heterocycles. The van der Waals surface area contributed by atoms with E-state index in [0.717, 1.165) is 23.2 Å². The van der Waals surface area contributed by atoms with Crippen LogP contribution in [0.25, 0.3) is 0 Å². The number of benzene rings is 1. The predicted molar refractivity (Wildman–Crippen MR) is 133 cm³/mol. The van der Waals surface area contributed by atoms with Crippen molar-refractivity contribution in [1.29, 1.82) is 0 Å². The molecule has 2 bridgehead atoms. The maximum atomic E-state index is 14.3. The maximum Gasteiger partial charge on any atom is 0.311 e. The number of carbonyl (C=O) groups excluding carboxylic acids is 3. The first-order chi connectivity index (χ1) is 16.1. The third kappa shape index (κ3) is 3.57. The van der Waals surface area contributed by atoms with Gasteiger partial charge in [0, 0.05) is 23.5 Å². The van der Waals surface area contributed by atoms with Gasteiger partial charge in [-0.1, -0.05) is 18.2 Å². The second kappa shape index (κ2) is 9.04. The molecule has 3 aliphatic heterocycles. The number of hydrogen-bond donors (Lipinski definition) is 1. The number of hydrogen-bond acceptors (Lipinski definition) is 6. The van der Waals surface area contributed by atoms with Gasteiger partial charge in [0.2, 0.25) is 5.91 Å². The molecule has 0 aliphatic carbocycles. The summed E-state index contributed by atoms with van der Waals surface area (Å²) < 4.78 is 4.20. The Morgan fingerprint density at radius 1 is 1.35 bits per heavy atom. The van der Waals surface area contributed by atoms with Crippen LogP contribution in [0.2, 0.25) is 0 Å². The van der Waals surface area contributed by atoms with Gasteiger partial charge in [0.1, 0.15) is 6.04 Å². The smallest absolute Gasteiger partial charge is 0.311 e. The van der Waals surface area contributed by atoms with Crippen molar-refractivity contribution in [2.75, 3.05) is 31.2 Å². The van der Waals surface area contributed by atoms with E-state index in [9.17, 15) is 19.5 Å². The van der Waals surface area contributed by atoms with Gasteiger partial charge >= 0.3 is 5.97 Å². The molecular formula is C26H34N2O5S. The zero-order valence-electron chi connectivity index (χ0n) is 20.4. The van der Waals surface area contributed by atoms with Gasteiger partial charge in [0.05, 0.1) is 29.8 Å². The van der Waals surface area contributed by atoms with Crippen LogP contribution in [0.1, 0.15) is 37.8 Å². The molecule has 1 aromatic rings. The monoisotopic (exact) mass is 486 g/mol. The van der Waals surface area contributed by atoms with Crippen molar-refractivity contribution >= 4 is 35.2 Å². The van der Waals surface area contributed by atoms with Gasteiger partial charge in [-0.25, -0.2) is 0 Å². The number of aliphatic hydroxyl groups is 1. The number of rotatable bonds is 8. The molecule has 184 valence electrons. The van der Waals surface area contributed by atoms with Gasteiger partial charge in [-0.05, 0) is 57.7 Å². The van der Waals surface area contributed by atoms with Gasteiger partial charge in [-0.3, -0.25) is 14.4 Å². The summed E-state index contributed by atoms with van der Waals surface area (Å²) in [5, 5.41) is 9.79. The van der Waals surface area contributed by atoms with Crippen molar-refractivity contribution in [2.24, 2.45) is 11.8 Å². The Bertz CT molecular complexity index is 1030. The molecule has 8 heteroatoms. The lowest BCUT2D eigenvalue weighted by Crippen LogP contribution is -2.55. The average Bonchev–Trinajstić information content (AvgIpc) is 3.35. The Labute approximate surface area is 205 Å². The van der Waals surface area contributed by atoms with Crippen molar-refractivity contribution in [3.63, 3.8) is 0 Å². The fourth-order valence-electron chi connectivity index (χ4n) is 6.24. The highest BCUT2D eigenvalue weighted by atomic mass is 32.2. The highest BCUT2D eigenvalue weighted by molar-refractivity contribution is 8.02. The number of nitrogens with zero attached hydrogens (tertiary/aromatic N) is 2. The van der Waals surface area contributed by atoms with Crippen LogP contribution in [-0.2, 0) is 19.1 Å². The number of aliphatic hydroxyl groups excluding tert-OH is 1. The molecule has 1 spiro atoms. The van der Waals surface area contributed by atoms with Crippen molar-refractivity contribution in [2.45, 2.75) is 56.1 Å². The number of likely N-dealkylation sites (tertiary alicyclic amines) is 1. The summed E-state index contributed by atoms with van der Waals surface area (Å²) in [6.45, 7) is 11.9. The summed E-state index contributed by atoms with van der Waals surface area (Å²) in [6.07, 6.45) is 3.07. The van der Waals surface area contributed by atoms with Crippen molar-refractivity contribution in [3.05, 3.63) is 42.0 Å². The molecule has 0 saturated carbocycles. The van der Waals surface area contributed by atoms with E-state index in [1.807, 2.05) is 39.0 Å². The van der Waals surface area contributed by atoms with E-state index in [4.69, 9.17) is 4.74 Å². The molecular weight excluding hydrogens is 452 g/mol. The van der Waals surface area contributed by atoms with Crippen molar-refractivity contribution < 1.29 is 24.2 Å². The van der Waals surface area contributed by atoms with Gasteiger partial charge < -0.3 is 19.6 Å². The molecule has 3 aliphatic rings. The lowest BCUT2D eigenvalue weighted by Gasteiger charge is -2.37. The minimum atomic E-state index is -0.775. The maximum absolute atomic E-state index is 14.3. The lowest BCUT2D eigenvalue weighted by molar-refractivity contribution is -0.155. The van der Waals surface area contributed by atoms with Gasteiger partial charge in [-0.15, -0.1) is 18.3 Å². The Balaban J connectivity index is 1.82. The molecule has 3 fully saturated rings. The second-order valence-electron chi connectivity index (χ2n) is 9.76. The Morgan fingerprint density at radius 3 is 2.74 bits per heavy atom. The molecule has 1 aromatic carbocycles. The van der Waals surface area contributed by atoms with Crippen LogP contribution < -0.4 is 4.90 Å². The van der Waals surface area contributed by atoms with Crippen LogP contribution in [0.5, 0.6) is 0 Å². The number of thioether (sulfide) groups is 1. The summed E-state index contributed by atoms with van der Waals surface area (Å²) in [5.41, 5.74) is 2.76. The van der Waals surface area contributed by atoms with Crippen molar-refractivity contribution in [3.8, 4) is 0 Å². The SMILES string of the molecule is C=CCN(C(=O)C1N(CCO)C(=O)[C@@H]2[C@H](C(=O)OCC)[C@]3(C)CCC12S3)c1cc(C)ccc1C. The minimum absolute atomic E-state index is 0.0506. The number of fused-ring (bicyclic) bond motifs is 1. The van der Waals surface area contributed by atoms with Crippen LogP contribution in [-0.4, -0.2) is 69.6 Å². The van der Waals surface area contributed by atoms with E-state index >= 15 is 0 Å². The molecule has 2 unspecified atom stereocenters. The summed E-state index contributed by atoms with van der Waals surface area (Å²) in [4.78, 5) is 44.4. The fourth-order valence-corrected chi connectivity index (χ4v) is 8.58. The summed E-state index contributed by atoms with van der Waals surface area (Å²) in [6, 6.07) is 5.18. The van der Waals surface area contributed by atoms with Crippen LogP contribution >= 0.6 is 11.8 Å². The van der Waals surface area contributed by atoms with E-state index < -0.39 is 27.4 Å². The third-order valence-electron chi connectivity index (χ3n) is 7.63. The van der Waals surface area contributed by atoms with Gasteiger partial charge in [-0.2, -0.15) is 0 Å². The average molecular weight is 487 g/mol.